The minimum atomic E-state index is -3.58. The second-order valence-corrected chi connectivity index (χ2v) is 6.95. The van der Waals surface area contributed by atoms with Gasteiger partial charge in [-0.3, -0.25) is 9.52 Å². The number of sulfonamides is 1. The first kappa shape index (κ1) is 19.0. The molecule has 0 heterocycles. The Bertz CT molecular complexity index is 980. The molecule has 2 N–H and O–H groups in total. The zero-order chi connectivity index (χ0) is 19.2. The summed E-state index contributed by atoms with van der Waals surface area (Å²) in [4.78, 5) is 24.1. The number of esters is 1. The average molecular weight is 373 g/mol. The maximum absolute atomic E-state index is 12.1. The maximum atomic E-state index is 12.1. The number of ether oxygens (including phenoxy) is 1. The lowest BCUT2D eigenvalue weighted by Gasteiger charge is -2.11. The summed E-state index contributed by atoms with van der Waals surface area (Å²) in [5.74, 6) is -1.49. The minimum absolute atomic E-state index is 0.0249. The number of carbonyl (C=O) groups is 2. The van der Waals surface area contributed by atoms with Gasteiger partial charge in [0.2, 0.25) is 10.0 Å². The molecule has 0 aliphatic carbocycles. The Morgan fingerprint density at radius 3 is 2.35 bits per heavy atom. The molecule has 134 valence electrons. The lowest BCUT2D eigenvalue weighted by atomic mass is 10.2. The molecule has 0 radical (unpaired) electrons. The van der Waals surface area contributed by atoms with Gasteiger partial charge in [0, 0.05) is 0 Å². The zero-order valence-corrected chi connectivity index (χ0v) is 14.5. The van der Waals surface area contributed by atoms with Gasteiger partial charge in [0.05, 0.1) is 28.8 Å². The molecule has 9 heteroatoms. The number of nitriles is 1. The van der Waals surface area contributed by atoms with Crippen LogP contribution < -0.4 is 10.0 Å². The Morgan fingerprint density at radius 2 is 1.69 bits per heavy atom. The van der Waals surface area contributed by atoms with Crippen molar-refractivity contribution in [2.45, 2.75) is 0 Å². The third kappa shape index (κ3) is 5.32. The standard InChI is InChI=1S/C17H15N3O5S/c1-26(23,24)20-15-9-5-3-7-13(15)17(22)25-11-16(21)19-14-8-4-2-6-12(14)10-18/h2-9,20H,11H2,1H3,(H,19,21). The van der Waals surface area contributed by atoms with Gasteiger partial charge in [-0.25, -0.2) is 13.2 Å². The molecule has 0 spiro atoms. The third-order valence-electron chi connectivity index (χ3n) is 3.10. The van der Waals surface area contributed by atoms with Crippen molar-refractivity contribution in [3.63, 3.8) is 0 Å². The SMILES string of the molecule is CS(=O)(=O)Nc1ccccc1C(=O)OCC(=O)Nc1ccccc1C#N. The van der Waals surface area contributed by atoms with E-state index in [1.165, 1.54) is 24.3 Å². The van der Waals surface area contributed by atoms with E-state index < -0.39 is 28.5 Å². The van der Waals surface area contributed by atoms with Crippen LogP contribution in [0.15, 0.2) is 48.5 Å². The maximum Gasteiger partial charge on any atom is 0.340 e. The number of carbonyl (C=O) groups excluding carboxylic acids is 2. The Morgan fingerprint density at radius 1 is 1.08 bits per heavy atom. The predicted molar refractivity (Wildman–Crippen MR) is 95.0 cm³/mol. The normalized spacial score (nSPS) is 10.5. The molecule has 0 aliphatic heterocycles. The molecule has 0 bridgehead atoms. The topological polar surface area (TPSA) is 125 Å². The van der Waals surface area contributed by atoms with E-state index in [4.69, 9.17) is 10.00 Å². The van der Waals surface area contributed by atoms with Crippen molar-refractivity contribution in [2.24, 2.45) is 0 Å². The highest BCUT2D eigenvalue weighted by molar-refractivity contribution is 7.92. The Kier molecular flexibility index (Phi) is 5.93. The van der Waals surface area contributed by atoms with Crippen LogP contribution in [0.5, 0.6) is 0 Å². The van der Waals surface area contributed by atoms with Gasteiger partial charge in [-0.1, -0.05) is 24.3 Å². The molecule has 0 saturated heterocycles. The Balaban J connectivity index is 2.03. The number of hydrogen-bond donors (Lipinski definition) is 2. The summed E-state index contributed by atoms with van der Waals surface area (Å²) >= 11 is 0. The van der Waals surface area contributed by atoms with Crippen LogP contribution in [0.25, 0.3) is 0 Å². The van der Waals surface area contributed by atoms with Gasteiger partial charge in [-0.15, -0.1) is 0 Å². The minimum Gasteiger partial charge on any atom is -0.452 e. The summed E-state index contributed by atoms with van der Waals surface area (Å²) in [6.07, 6.45) is 0.954. The van der Waals surface area contributed by atoms with Gasteiger partial charge in [0.1, 0.15) is 6.07 Å². The van der Waals surface area contributed by atoms with Gasteiger partial charge in [-0.2, -0.15) is 5.26 Å². The molecular formula is C17H15N3O5S. The number of benzene rings is 2. The smallest absolute Gasteiger partial charge is 0.340 e. The second kappa shape index (κ2) is 8.13. The highest BCUT2D eigenvalue weighted by Gasteiger charge is 2.16. The van der Waals surface area contributed by atoms with Gasteiger partial charge in [0.25, 0.3) is 5.91 Å². The predicted octanol–water partition coefficient (Wildman–Crippen LogP) is 1.73. The molecule has 2 aromatic carbocycles. The van der Waals surface area contributed by atoms with E-state index in [1.54, 1.807) is 24.3 Å². The molecule has 0 saturated carbocycles. The number of rotatable bonds is 6. The summed E-state index contributed by atoms with van der Waals surface area (Å²) in [5.41, 5.74) is 0.600. The van der Waals surface area contributed by atoms with Crippen molar-refractivity contribution < 1.29 is 22.7 Å². The van der Waals surface area contributed by atoms with Crippen LogP contribution in [-0.2, 0) is 19.6 Å². The fourth-order valence-electron chi connectivity index (χ4n) is 2.03. The van der Waals surface area contributed by atoms with E-state index in [1.807, 2.05) is 6.07 Å². The van der Waals surface area contributed by atoms with E-state index >= 15 is 0 Å². The van der Waals surface area contributed by atoms with Crippen molar-refractivity contribution in [3.05, 3.63) is 59.7 Å². The van der Waals surface area contributed by atoms with Gasteiger partial charge in [-0.05, 0) is 24.3 Å². The highest BCUT2D eigenvalue weighted by Crippen LogP contribution is 2.17. The van der Waals surface area contributed by atoms with Crippen LogP contribution in [0.1, 0.15) is 15.9 Å². The quantitative estimate of drug-likeness (QED) is 0.743. The van der Waals surface area contributed by atoms with Crippen LogP contribution in [0.3, 0.4) is 0 Å². The third-order valence-corrected chi connectivity index (χ3v) is 3.69. The molecule has 1 amide bonds. The largest absolute Gasteiger partial charge is 0.452 e. The molecule has 0 aliphatic rings. The van der Waals surface area contributed by atoms with Crippen molar-refractivity contribution in [1.82, 2.24) is 0 Å². The van der Waals surface area contributed by atoms with Gasteiger partial charge >= 0.3 is 5.97 Å². The molecule has 0 unspecified atom stereocenters. The van der Waals surface area contributed by atoms with Crippen LogP contribution in [0, 0.1) is 11.3 Å². The number of para-hydroxylation sites is 2. The van der Waals surface area contributed by atoms with E-state index in [0.29, 0.717) is 5.69 Å². The van der Waals surface area contributed by atoms with E-state index in [9.17, 15) is 18.0 Å². The molecule has 8 nitrogen and oxygen atoms in total. The molecule has 2 rings (SSSR count). The number of amides is 1. The van der Waals surface area contributed by atoms with Gasteiger partial charge in [0.15, 0.2) is 6.61 Å². The lowest BCUT2D eigenvalue weighted by Crippen LogP contribution is -2.22. The van der Waals surface area contributed by atoms with Crippen LogP contribution in [0.4, 0.5) is 11.4 Å². The molecular weight excluding hydrogens is 358 g/mol. The number of anilines is 2. The summed E-state index contributed by atoms with van der Waals surface area (Å²) < 4.78 is 29.8. The molecule has 0 atom stereocenters. The molecule has 0 fully saturated rings. The summed E-state index contributed by atoms with van der Waals surface area (Å²) in [5, 5.41) is 11.4. The van der Waals surface area contributed by atoms with Crippen molar-refractivity contribution in [3.8, 4) is 6.07 Å². The van der Waals surface area contributed by atoms with E-state index in [-0.39, 0.29) is 16.8 Å². The molecule has 0 aromatic heterocycles. The molecule has 2 aromatic rings. The fraction of sp³-hybridized carbons (Fsp3) is 0.118. The number of nitrogens with one attached hydrogen (secondary N) is 2. The number of hydrogen-bond acceptors (Lipinski definition) is 6. The van der Waals surface area contributed by atoms with Crippen molar-refractivity contribution in [2.75, 3.05) is 22.9 Å². The lowest BCUT2D eigenvalue weighted by molar-refractivity contribution is -0.119. The fourth-order valence-corrected chi connectivity index (χ4v) is 2.61. The first-order valence-electron chi connectivity index (χ1n) is 7.33. The van der Waals surface area contributed by atoms with Gasteiger partial charge < -0.3 is 10.1 Å². The highest BCUT2D eigenvalue weighted by atomic mass is 32.2. The van der Waals surface area contributed by atoms with Crippen LogP contribution in [-0.4, -0.2) is 33.2 Å². The van der Waals surface area contributed by atoms with E-state index in [0.717, 1.165) is 6.26 Å². The van der Waals surface area contributed by atoms with Crippen LogP contribution in [0.2, 0.25) is 0 Å². The summed E-state index contributed by atoms with van der Waals surface area (Å²) in [6, 6.07) is 14.2. The van der Waals surface area contributed by atoms with Crippen LogP contribution >= 0.6 is 0 Å². The zero-order valence-electron chi connectivity index (χ0n) is 13.7. The Hall–Kier alpha value is -3.38. The summed E-state index contributed by atoms with van der Waals surface area (Å²) in [6.45, 7) is -0.591. The second-order valence-electron chi connectivity index (χ2n) is 5.20. The average Bonchev–Trinajstić information content (AvgIpc) is 2.59. The van der Waals surface area contributed by atoms with Crippen molar-refractivity contribution in [1.29, 1.82) is 5.26 Å². The van der Waals surface area contributed by atoms with Crippen molar-refractivity contribution >= 4 is 33.3 Å². The monoisotopic (exact) mass is 373 g/mol. The Labute approximate surface area is 150 Å². The number of nitrogens with zero attached hydrogens (tertiary/aromatic N) is 1. The first-order chi connectivity index (χ1) is 12.3. The van der Waals surface area contributed by atoms with E-state index in [2.05, 4.69) is 10.0 Å². The summed E-state index contributed by atoms with van der Waals surface area (Å²) in [7, 11) is -3.58. The molecule has 26 heavy (non-hydrogen) atoms. The first-order valence-corrected chi connectivity index (χ1v) is 9.22.